The van der Waals surface area contributed by atoms with Crippen molar-refractivity contribution in [2.24, 2.45) is 0 Å². The van der Waals surface area contributed by atoms with E-state index in [1.165, 1.54) is 6.92 Å². The molecule has 3 aliphatic rings. The second-order valence-electron chi connectivity index (χ2n) is 8.28. The molecule has 3 aliphatic heterocycles. The molecule has 2 saturated heterocycles. The van der Waals surface area contributed by atoms with Gasteiger partial charge >= 0.3 is 12.3 Å². The average Bonchev–Trinajstić information content (AvgIpc) is 3.05. The summed E-state index contributed by atoms with van der Waals surface area (Å²) in [5.74, 6) is 1.78. The van der Waals surface area contributed by atoms with Gasteiger partial charge in [0.2, 0.25) is 0 Å². The number of hydrogen-bond acceptors (Lipinski definition) is 8. The Morgan fingerprint density at radius 2 is 1.75 bits per heavy atom. The molecule has 0 radical (unpaired) electrons. The Hall–Kier alpha value is -3.18. The number of carbonyl (C=O) groups excluding carboxylic acids is 1. The normalized spacial score (nSPS) is 18.3. The summed E-state index contributed by atoms with van der Waals surface area (Å²) in [6.45, 7) is 6.45. The monoisotopic (exact) mass is 449 g/mol. The fourth-order valence-corrected chi connectivity index (χ4v) is 4.05. The third kappa shape index (κ3) is 3.78. The maximum absolute atomic E-state index is 13.0. The average molecular weight is 449 g/mol. The SMILES string of the molecule is Cc1nc(N2CC(OC(=O)N3Cc4nc(C)nc(N5CCC5)c4C3)C2)cc(C(F)(F)F)n1. The van der Waals surface area contributed by atoms with Crippen molar-refractivity contribution in [1.29, 1.82) is 0 Å². The molecule has 5 heterocycles. The third-order valence-corrected chi connectivity index (χ3v) is 5.84. The number of hydrogen-bond donors (Lipinski definition) is 0. The van der Waals surface area contributed by atoms with Crippen molar-refractivity contribution in [1.82, 2.24) is 24.8 Å². The van der Waals surface area contributed by atoms with Gasteiger partial charge in [0.15, 0.2) is 0 Å². The number of nitrogens with zero attached hydrogens (tertiary/aromatic N) is 7. The predicted octanol–water partition coefficient (Wildman–Crippen LogP) is 2.45. The van der Waals surface area contributed by atoms with Crippen LogP contribution in [0.5, 0.6) is 0 Å². The Balaban J connectivity index is 1.20. The quantitative estimate of drug-likeness (QED) is 0.706. The fraction of sp³-hybridized carbons (Fsp3) is 0.550. The van der Waals surface area contributed by atoms with Gasteiger partial charge in [-0.25, -0.2) is 24.7 Å². The largest absolute Gasteiger partial charge is 0.442 e. The van der Waals surface area contributed by atoms with Gasteiger partial charge in [-0.1, -0.05) is 0 Å². The van der Waals surface area contributed by atoms with Crippen molar-refractivity contribution < 1.29 is 22.7 Å². The van der Waals surface area contributed by atoms with E-state index in [0.717, 1.165) is 42.7 Å². The zero-order valence-electron chi connectivity index (χ0n) is 17.7. The lowest BCUT2D eigenvalue weighted by molar-refractivity contribution is -0.141. The van der Waals surface area contributed by atoms with E-state index in [-0.39, 0.29) is 24.7 Å². The molecule has 0 N–H and O–H groups in total. The number of anilines is 2. The third-order valence-electron chi connectivity index (χ3n) is 5.84. The van der Waals surface area contributed by atoms with Gasteiger partial charge in [-0.15, -0.1) is 0 Å². The highest BCUT2D eigenvalue weighted by molar-refractivity contribution is 5.70. The zero-order chi connectivity index (χ0) is 22.6. The summed E-state index contributed by atoms with van der Waals surface area (Å²) in [6.07, 6.45) is -4.30. The first-order chi connectivity index (χ1) is 15.2. The van der Waals surface area contributed by atoms with Crippen molar-refractivity contribution in [2.45, 2.75) is 45.6 Å². The van der Waals surface area contributed by atoms with Crippen LogP contribution in [0.15, 0.2) is 6.07 Å². The van der Waals surface area contributed by atoms with Gasteiger partial charge in [0, 0.05) is 24.7 Å². The first kappa shape index (κ1) is 20.7. The van der Waals surface area contributed by atoms with Crippen LogP contribution >= 0.6 is 0 Å². The van der Waals surface area contributed by atoms with Crippen molar-refractivity contribution in [3.05, 3.63) is 34.7 Å². The number of ether oxygens (including phenoxy) is 1. The highest BCUT2D eigenvalue weighted by Crippen LogP contribution is 2.33. The van der Waals surface area contributed by atoms with Crippen LogP contribution in [0.4, 0.5) is 29.6 Å². The van der Waals surface area contributed by atoms with Crippen LogP contribution in [0.25, 0.3) is 0 Å². The van der Waals surface area contributed by atoms with Gasteiger partial charge in [-0.05, 0) is 20.3 Å². The minimum Gasteiger partial charge on any atom is -0.442 e. The van der Waals surface area contributed by atoms with Crippen LogP contribution < -0.4 is 9.80 Å². The second-order valence-corrected chi connectivity index (χ2v) is 8.28. The minimum atomic E-state index is -4.54. The molecule has 0 atom stereocenters. The van der Waals surface area contributed by atoms with Crippen molar-refractivity contribution in [3.8, 4) is 0 Å². The van der Waals surface area contributed by atoms with Crippen LogP contribution in [-0.4, -0.2) is 63.2 Å². The Kier molecular flexibility index (Phi) is 4.82. The molecule has 9 nitrogen and oxygen atoms in total. The van der Waals surface area contributed by atoms with Crippen LogP contribution in [0.3, 0.4) is 0 Å². The lowest BCUT2D eigenvalue weighted by Crippen LogP contribution is -2.54. The number of carbonyl (C=O) groups is 1. The summed E-state index contributed by atoms with van der Waals surface area (Å²) in [5.41, 5.74) is 0.811. The van der Waals surface area contributed by atoms with Crippen LogP contribution in [0.1, 0.15) is 35.0 Å². The molecule has 0 saturated carbocycles. The highest BCUT2D eigenvalue weighted by atomic mass is 19.4. The fourth-order valence-electron chi connectivity index (χ4n) is 4.05. The standard InChI is InChI=1S/C20H22F3N7O2/c1-11-24-15-10-30(9-14(15)18(27-11)28-4-3-5-28)19(31)32-13-7-29(8-13)17-6-16(20(21,22)23)25-12(2)26-17/h6,13H,3-5,7-10H2,1-2H3. The van der Waals surface area contributed by atoms with E-state index in [2.05, 4.69) is 24.8 Å². The van der Waals surface area contributed by atoms with E-state index in [1.54, 1.807) is 9.80 Å². The molecule has 0 aliphatic carbocycles. The maximum Gasteiger partial charge on any atom is 0.433 e. The highest BCUT2D eigenvalue weighted by Gasteiger charge is 2.38. The number of aromatic nitrogens is 4. The van der Waals surface area contributed by atoms with Gasteiger partial charge in [0.1, 0.15) is 35.1 Å². The van der Waals surface area contributed by atoms with E-state index < -0.39 is 24.1 Å². The summed E-state index contributed by atoms with van der Waals surface area (Å²) >= 11 is 0. The molecule has 170 valence electrons. The molecule has 0 bridgehead atoms. The summed E-state index contributed by atoms with van der Waals surface area (Å²) in [6, 6.07) is 0.917. The zero-order valence-corrected chi connectivity index (χ0v) is 17.7. The van der Waals surface area contributed by atoms with Gasteiger partial charge in [0.05, 0.1) is 31.9 Å². The summed E-state index contributed by atoms with van der Waals surface area (Å²) in [5, 5.41) is 0. The summed E-state index contributed by atoms with van der Waals surface area (Å²) in [4.78, 5) is 34.7. The van der Waals surface area contributed by atoms with E-state index in [1.807, 2.05) is 6.92 Å². The van der Waals surface area contributed by atoms with Gasteiger partial charge < -0.3 is 14.5 Å². The number of amides is 1. The number of halogens is 3. The van der Waals surface area contributed by atoms with E-state index in [0.29, 0.717) is 18.9 Å². The molecule has 2 fully saturated rings. The van der Waals surface area contributed by atoms with Crippen LogP contribution in [-0.2, 0) is 24.0 Å². The van der Waals surface area contributed by atoms with E-state index >= 15 is 0 Å². The molecular weight excluding hydrogens is 427 g/mol. The van der Waals surface area contributed by atoms with Gasteiger partial charge in [0.25, 0.3) is 0 Å². The molecule has 1 amide bonds. The second kappa shape index (κ2) is 7.45. The molecule has 5 rings (SSSR count). The first-order valence-corrected chi connectivity index (χ1v) is 10.4. The molecular formula is C20H22F3N7O2. The first-order valence-electron chi connectivity index (χ1n) is 10.4. The smallest absolute Gasteiger partial charge is 0.433 e. The Labute approximate surface area is 182 Å². The molecule has 0 aromatic carbocycles. The molecule has 2 aromatic heterocycles. The van der Waals surface area contributed by atoms with E-state index in [4.69, 9.17) is 4.74 Å². The topological polar surface area (TPSA) is 87.6 Å². The van der Waals surface area contributed by atoms with Crippen molar-refractivity contribution in [2.75, 3.05) is 36.0 Å². The molecule has 0 unspecified atom stereocenters. The number of fused-ring (bicyclic) bond motifs is 1. The number of aryl methyl sites for hydroxylation is 2. The Morgan fingerprint density at radius 1 is 1.03 bits per heavy atom. The molecule has 12 heteroatoms. The Morgan fingerprint density at radius 3 is 2.41 bits per heavy atom. The summed E-state index contributed by atoms with van der Waals surface area (Å²) < 4.78 is 44.6. The Bertz CT molecular complexity index is 1070. The van der Waals surface area contributed by atoms with Crippen molar-refractivity contribution in [3.63, 3.8) is 0 Å². The summed E-state index contributed by atoms with van der Waals surface area (Å²) in [7, 11) is 0. The molecule has 0 spiro atoms. The molecule has 2 aromatic rings. The van der Waals surface area contributed by atoms with Crippen LogP contribution in [0.2, 0.25) is 0 Å². The molecule has 32 heavy (non-hydrogen) atoms. The van der Waals surface area contributed by atoms with E-state index in [9.17, 15) is 18.0 Å². The number of alkyl halides is 3. The maximum atomic E-state index is 13.0. The van der Waals surface area contributed by atoms with Crippen LogP contribution in [0, 0.1) is 13.8 Å². The predicted molar refractivity (Wildman–Crippen MR) is 107 cm³/mol. The van der Waals surface area contributed by atoms with Gasteiger partial charge in [-0.2, -0.15) is 13.2 Å². The van der Waals surface area contributed by atoms with Crippen molar-refractivity contribution >= 4 is 17.7 Å². The minimum absolute atomic E-state index is 0.0412. The van der Waals surface area contributed by atoms with Gasteiger partial charge in [-0.3, -0.25) is 4.90 Å². The lowest BCUT2D eigenvalue weighted by atomic mass is 10.1. The lowest BCUT2D eigenvalue weighted by Gasteiger charge is -2.39. The number of rotatable bonds is 3.